The van der Waals surface area contributed by atoms with Crippen molar-refractivity contribution < 1.29 is 14.3 Å². The van der Waals surface area contributed by atoms with Crippen LogP contribution in [0.2, 0.25) is 0 Å². The number of rotatable bonds is 1. The van der Waals surface area contributed by atoms with Gasteiger partial charge in [0.15, 0.2) is 0 Å². The minimum atomic E-state index is -0.977. The maximum absolute atomic E-state index is 11.5. The Morgan fingerprint density at radius 2 is 2.38 bits per heavy atom. The lowest BCUT2D eigenvalue weighted by Crippen LogP contribution is -1.97. The van der Waals surface area contributed by atoms with Gasteiger partial charge in [-0.15, -0.1) is 11.3 Å². The first-order valence-corrected chi connectivity index (χ1v) is 4.35. The normalized spacial score (nSPS) is 10.2. The third kappa shape index (κ3) is 1.38. The Hall–Kier alpha value is -1.49. The lowest BCUT2D eigenvalue weighted by molar-refractivity contribution is -0.0787. The van der Waals surface area contributed by atoms with Gasteiger partial charge in [0.05, 0.1) is 21.3 Å². The average molecular weight is 197 g/mol. The van der Waals surface area contributed by atoms with Gasteiger partial charge in [0.1, 0.15) is 0 Å². The van der Waals surface area contributed by atoms with E-state index in [0.29, 0.717) is 0 Å². The third-order valence-corrected chi connectivity index (χ3v) is 2.43. The number of hydrogen-bond donors (Lipinski definition) is 0. The number of nitrogens with zero attached hydrogens (tertiary/aromatic N) is 1. The summed E-state index contributed by atoms with van der Waals surface area (Å²) in [5, 5.41) is 0. The van der Waals surface area contributed by atoms with Crippen LogP contribution in [0.4, 0.5) is 4.53 Å². The fraction of sp³-hybridized carbons (Fsp3) is 0. The van der Waals surface area contributed by atoms with Gasteiger partial charge in [-0.2, -0.15) is 0 Å². The highest BCUT2D eigenvalue weighted by Gasteiger charge is 2.08. The van der Waals surface area contributed by atoms with Crippen molar-refractivity contribution in [1.29, 1.82) is 0 Å². The van der Waals surface area contributed by atoms with Gasteiger partial charge < -0.3 is 0 Å². The summed E-state index contributed by atoms with van der Waals surface area (Å²) in [6.07, 6.45) is 0. The van der Waals surface area contributed by atoms with Gasteiger partial charge in [-0.1, -0.05) is 0 Å². The number of carbonyl (C=O) groups excluding carboxylic acids is 1. The predicted octanol–water partition coefficient (Wildman–Crippen LogP) is 2.34. The quantitative estimate of drug-likeness (QED) is 0.704. The summed E-state index contributed by atoms with van der Waals surface area (Å²) in [4.78, 5) is 17.9. The van der Waals surface area contributed by atoms with E-state index in [1.807, 2.05) is 0 Å². The molecule has 66 valence electrons. The summed E-state index contributed by atoms with van der Waals surface area (Å²) in [5.41, 5.74) is 2.65. The summed E-state index contributed by atoms with van der Waals surface area (Å²) in [6, 6.07) is 4.68. The third-order valence-electron chi connectivity index (χ3n) is 1.64. The van der Waals surface area contributed by atoms with Gasteiger partial charge >= 0.3 is 5.97 Å². The number of fused-ring (bicyclic) bond motifs is 1. The predicted molar refractivity (Wildman–Crippen MR) is 46.1 cm³/mol. The van der Waals surface area contributed by atoms with E-state index in [2.05, 4.69) is 9.93 Å². The molecule has 0 saturated carbocycles. The standard InChI is InChI=1S/C8H4FNO2S/c9-12-8(11)5-1-2-6-7(3-5)13-4-10-6/h1-4H. The van der Waals surface area contributed by atoms with E-state index in [4.69, 9.17) is 0 Å². The minimum Gasteiger partial charge on any atom is -0.249 e. The molecule has 0 aliphatic rings. The average Bonchev–Trinajstić information content (AvgIpc) is 2.63. The molecule has 0 fully saturated rings. The van der Waals surface area contributed by atoms with Gasteiger partial charge in [-0.3, -0.25) is 0 Å². The lowest BCUT2D eigenvalue weighted by Gasteiger charge is -1.93. The van der Waals surface area contributed by atoms with Crippen molar-refractivity contribution in [2.24, 2.45) is 0 Å². The fourth-order valence-electron chi connectivity index (χ4n) is 1.03. The van der Waals surface area contributed by atoms with E-state index in [0.717, 1.165) is 10.2 Å². The molecule has 13 heavy (non-hydrogen) atoms. The number of hydrogen-bond acceptors (Lipinski definition) is 4. The maximum atomic E-state index is 11.5. The number of aromatic nitrogens is 1. The van der Waals surface area contributed by atoms with E-state index < -0.39 is 5.97 Å². The van der Waals surface area contributed by atoms with E-state index >= 15 is 0 Å². The second-order valence-corrected chi connectivity index (χ2v) is 3.29. The lowest BCUT2D eigenvalue weighted by atomic mass is 10.2. The molecule has 0 spiro atoms. The number of thiazole rings is 1. The summed E-state index contributed by atoms with van der Waals surface area (Å²) < 4.78 is 12.4. The Morgan fingerprint density at radius 1 is 1.54 bits per heavy atom. The summed E-state index contributed by atoms with van der Waals surface area (Å²) in [7, 11) is 0. The number of halogens is 1. The molecule has 1 aromatic heterocycles. The molecule has 0 aliphatic heterocycles. The molecule has 1 heterocycles. The molecule has 0 saturated heterocycles. The summed E-state index contributed by atoms with van der Waals surface area (Å²) >= 11 is 1.39. The topological polar surface area (TPSA) is 39.2 Å². The highest BCUT2D eigenvalue weighted by molar-refractivity contribution is 7.16. The first-order chi connectivity index (χ1) is 6.31. The summed E-state index contributed by atoms with van der Waals surface area (Å²) in [5.74, 6) is -0.977. The molecule has 3 nitrogen and oxygen atoms in total. The van der Waals surface area contributed by atoms with Gasteiger partial charge in [0.25, 0.3) is 0 Å². The van der Waals surface area contributed by atoms with Gasteiger partial charge in [0.2, 0.25) is 0 Å². The van der Waals surface area contributed by atoms with Crippen LogP contribution in [0.5, 0.6) is 0 Å². The molecule has 0 unspecified atom stereocenters. The highest BCUT2D eigenvalue weighted by atomic mass is 32.1. The van der Waals surface area contributed by atoms with Gasteiger partial charge in [0, 0.05) is 4.53 Å². The molecule has 0 atom stereocenters. The van der Waals surface area contributed by atoms with Crippen LogP contribution in [0.15, 0.2) is 23.7 Å². The Morgan fingerprint density at radius 3 is 3.15 bits per heavy atom. The fourth-order valence-corrected chi connectivity index (χ4v) is 1.74. The smallest absolute Gasteiger partial charge is 0.249 e. The molecular weight excluding hydrogens is 193 g/mol. The minimum absolute atomic E-state index is 0.194. The SMILES string of the molecule is O=C(OF)c1ccc2ncsc2c1. The second kappa shape index (κ2) is 3.10. The zero-order chi connectivity index (χ0) is 9.26. The van der Waals surface area contributed by atoms with Gasteiger partial charge in [-0.05, 0) is 18.2 Å². The number of benzene rings is 1. The van der Waals surface area contributed by atoms with Crippen LogP contribution in [0.3, 0.4) is 0 Å². The van der Waals surface area contributed by atoms with Crippen LogP contribution < -0.4 is 0 Å². The Labute approximate surface area is 76.7 Å². The first kappa shape index (κ1) is 8.12. The largest absolute Gasteiger partial charge is 0.379 e. The second-order valence-electron chi connectivity index (χ2n) is 2.40. The van der Waals surface area contributed by atoms with Crippen LogP contribution in [-0.2, 0) is 4.94 Å². The van der Waals surface area contributed by atoms with Crippen LogP contribution in [0.25, 0.3) is 10.2 Å². The Balaban J connectivity index is 2.54. The van der Waals surface area contributed by atoms with Crippen LogP contribution in [0, 0.1) is 0 Å². The van der Waals surface area contributed by atoms with Crippen molar-refractivity contribution in [2.75, 3.05) is 0 Å². The molecule has 0 aliphatic carbocycles. The molecule has 0 amide bonds. The monoisotopic (exact) mass is 197 g/mol. The van der Waals surface area contributed by atoms with E-state index in [1.54, 1.807) is 17.6 Å². The van der Waals surface area contributed by atoms with Crippen molar-refractivity contribution in [2.45, 2.75) is 0 Å². The van der Waals surface area contributed by atoms with Crippen LogP contribution in [-0.4, -0.2) is 11.0 Å². The molecule has 0 bridgehead atoms. The summed E-state index contributed by atoms with van der Waals surface area (Å²) in [6.45, 7) is 0. The van der Waals surface area contributed by atoms with Crippen LogP contribution in [0.1, 0.15) is 10.4 Å². The zero-order valence-electron chi connectivity index (χ0n) is 6.36. The molecule has 1 aromatic carbocycles. The van der Waals surface area contributed by atoms with E-state index in [9.17, 15) is 9.32 Å². The molecule has 2 rings (SSSR count). The highest BCUT2D eigenvalue weighted by Crippen LogP contribution is 2.19. The van der Waals surface area contributed by atoms with Crippen molar-refractivity contribution in [3.05, 3.63) is 29.3 Å². The number of carbonyl (C=O) groups is 1. The Kier molecular flexibility index (Phi) is 1.94. The van der Waals surface area contributed by atoms with Crippen molar-refractivity contribution in [3.63, 3.8) is 0 Å². The van der Waals surface area contributed by atoms with Crippen molar-refractivity contribution in [1.82, 2.24) is 4.98 Å². The zero-order valence-corrected chi connectivity index (χ0v) is 7.18. The van der Waals surface area contributed by atoms with Gasteiger partial charge in [-0.25, -0.2) is 14.7 Å². The van der Waals surface area contributed by atoms with E-state index in [1.165, 1.54) is 17.4 Å². The molecule has 0 radical (unpaired) electrons. The molecule has 0 N–H and O–H groups in total. The van der Waals surface area contributed by atoms with Crippen molar-refractivity contribution >= 4 is 27.5 Å². The van der Waals surface area contributed by atoms with Crippen molar-refractivity contribution in [3.8, 4) is 0 Å². The first-order valence-electron chi connectivity index (χ1n) is 3.47. The molecule has 2 aromatic rings. The maximum Gasteiger partial charge on any atom is 0.379 e. The van der Waals surface area contributed by atoms with E-state index in [-0.39, 0.29) is 5.56 Å². The molecule has 5 heteroatoms. The van der Waals surface area contributed by atoms with Crippen LogP contribution >= 0.6 is 11.3 Å². The molecular formula is C8H4FNO2S. The Bertz CT molecular complexity index is 454.